The quantitative estimate of drug-likeness (QED) is 0.579. The number of nitriles is 1. The van der Waals surface area contributed by atoms with Crippen molar-refractivity contribution in [1.82, 2.24) is 9.29 Å². The molecule has 9 heteroatoms. The van der Waals surface area contributed by atoms with Crippen LogP contribution in [0.4, 0.5) is 10.1 Å². The van der Waals surface area contributed by atoms with Crippen molar-refractivity contribution in [2.75, 3.05) is 5.32 Å². The van der Waals surface area contributed by atoms with Gasteiger partial charge in [0.05, 0.1) is 16.5 Å². The number of anilines is 1. The number of rotatable bonds is 3. The first-order valence-corrected chi connectivity index (χ1v) is 10.9. The largest absolute Gasteiger partial charge is 0.345 e. The van der Waals surface area contributed by atoms with Gasteiger partial charge in [-0.1, -0.05) is 42.5 Å². The fraction of sp³-hybridized carbons (Fsp3) is 0.0909. The summed E-state index contributed by atoms with van der Waals surface area (Å²) in [5, 5.41) is 11.6. The molecule has 0 fully saturated rings. The van der Waals surface area contributed by atoms with E-state index in [-0.39, 0.29) is 21.8 Å². The van der Waals surface area contributed by atoms with Crippen molar-refractivity contribution < 1.29 is 13.4 Å². The third-order valence-electron chi connectivity index (χ3n) is 4.96. The van der Waals surface area contributed by atoms with E-state index < -0.39 is 27.7 Å². The highest BCUT2D eigenvalue weighted by Gasteiger charge is 2.28. The third kappa shape index (κ3) is 3.86. The predicted octanol–water partition coefficient (Wildman–Crippen LogP) is 3.97. The molecule has 3 N–H and O–H groups in total. The monoisotopic (exact) mass is 435 g/mol. The van der Waals surface area contributed by atoms with Crippen LogP contribution >= 0.6 is 0 Å². The molecule has 156 valence electrons. The van der Waals surface area contributed by atoms with E-state index in [4.69, 9.17) is 10.0 Å². The molecule has 1 unspecified atom stereocenters. The van der Waals surface area contributed by atoms with Crippen LogP contribution in [0.15, 0.2) is 65.7 Å². The van der Waals surface area contributed by atoms with Gasteiger partial charge in [0.1, 0.15) is 27.5 Å². The van der Waals surface area contributed by atoms with Gasteiger partial charge in [-0.05, 0) is 23.8 Å². The van der Waals surface area contributed by atoms with Crippen LogP contribution in [0.1, 0.15) is 33.2 Å². The number of nitrogens with one attached hydrogen (secondary N) is 3. The molecule has 2 heterocycles. The number of aryl methyl sites for hydroxylation is 1. The topological polar surface area (TPSA) is 111 Å². The normalized spacial score (nSPS) is 19.8. The van der Waals surface area contributed by atoms with E-state index in [9.17, 15) is 13.4 Å². The highest BCUT2D eigenvalue weighted by Crippen LogP contribution is 2.31. The van der Waals surface area contributed by atoms with Gasteiger partial charge in [0.15, 0.2) is 0 Å². The Hall–Kier alpha value is -3.74. The first kappa shape index (κ1) is 20.5. The van der Waals surface area contributed by atoms with Crippen molar-refractivity contribution in [3.63, 3.8) is 0 Å². The van der Waals surface area contributed by atoms with E-state index in [1.807, 2.05) is 30.3 Å². The minimum Gasteiger partial charge on any atom is -0.345 e. The first-order valence-electron chi connectivity index (χ1n) is 9.29. The van der Waals surface area contributed by atoms with Crippen LogP contribution in [-0.4, -0.2) is 14.7 Å². The molecule has 1 aromatic heterocycles. The minimum atomic E-state index is -3.41. The fourth-order valence-electron chi connectivity index (χ4n) is 3.48. The number of fused-ring (bicyclic) bond motifs is 1. The van der Waals surface area contributed by atoms with Crippen LogP contribution in [0.3, 0.4) is 0 Å². The number of nitrogens with zero attached hydrogens (tertiary/aromatic N) is 2. The molecule has 31 heavy (non-hydrogen) atoms. The number of amides is 1. The summed E-state index contributed by atoms with van der Waals surface area (Å²) in [6, 6.07) is 14.3. The van der Waals surface area contributed by atoms with Gasteiger partial charge in [0.25, 0.3) is 5.91 Å². The molecule has 1 aliphatic rings. The molecular weight excluding hydrogens is 417 g/mol. The molecule has 0 bridgehead atoms. The van der Waals surface area contributed by atoms with Gasteiger partial charge in [-0.25, -0.2) is 18.1 Å². The number of carbonyl (C=O) groups is 1. The molecule has 3 aromatic rings. The molecule has 4 rings (SSSR count). The molecule has 0 spiro atoms. The average Bonchev–Trinajstić information content (AvgIpc) is 3.04. The van der Waals surface area contributed by atoms with E-state index in [1.54, 1.807) is 25.3 Å². The lowest BCUT2D eigenvalue weighted by Gasteiger charge is -2.15. The molecular formula is C22H18FN5O2S. The Balaban J connectivity index is 1.73. The summed E-state index contributed by atoms with van der Waals surface area (Å²) in [5.74, 6) is -1.21. The lowest BCUT2D eigenvalue weighted by atomic mass is 10.1. The van der Waals surface area contributed by atoms with Gasteiger partial charge in [0.2, 0.25) is 0 Å². The Morgan fingerprint density at radius 1 is 1.29 bits per heavy atom. The second-order valence-corrected chi connectivity index (χ2v) is 8.84. The van der Waals surface area contributed by atoms with Crippen LogP contribution in [-0.2, 0) is 17.0 Å². The second kappa shape index (κ2) is 7.83. The van der Waals surface area contributed by atoms with E-state index in [1.165, 1.54) is 22.9 Å². The summed E-state index contributed by atoms with van der Waals surface area (Å²) in [4.78, 5) is 13.2. The Morgan fingerprint density at radius 2 is 2.03 bits per heavy atom. The van der Waals surface area contributed by atoms with Gasteiger partial charge in [-0.2, -0.15) is 5.26 Å². The zero-order valence-corrected chi connectivity index (χ0v) is 17.2. The highest BCUT2D eigenvalue weighted by atomic mass is 32.2. The number of halogens is 1. The van der Waals surface area contributed by atoms with Gasteiger partial charge < -0.3 is 9.88 Å². The Labute approximate surface area is 178 Å². The standard InChI is InChI=1S/C22H18FN5O2S/c1-28-13-20-17(8-10-19(27-31(20,25)30)14-5-3-2-4-6-14)21(28)22(29)26-16-7-9-18(23)15(11-16)12-24/h2-11,13,19H,1H3,(H,26,29)(H2,25,27,30)/t19-,31?/m1/s1. The van der Waals surface area contributed by atoms with Crippen molar-refractivity contribution in [1.29, 1.82) is 10.0 Å². The van der Waals surface area contributed by atoms with Crippen molar-refractivity contribution in [2.45, 2.75) is 10.9 Å². The molecule has 0 saturated carbocycles. The Kier molecular flexibility index (Phi) is 5.19. The van der Waals surface area contributed by atoms with E-state index in [0.717, 1.165) is 11.6 Å². The maximum Gasteiger partial charge on any atom is 0.272 e. The van der Waals surface area contributed by atoms with Crippen molar-refractivity contribution in [3.05, 3.63) is 89.0 Å². The van der Waals surface area contributed by atoms with E-state index >= 15 is 0 Å². The van der Waals surface area contributed by atoms with Gasteiger partial charge in [-0.3, -0.25) is 4.79 Å². The summed E-state index contributed by atoms with van der Waals surface area (Å²) < 4.78 is 39.6. The molecule has 0 saturated heterocycles. The summed E-state index contributed by atoms with van der Waals surface area (Å²) in [6.07, 6.45) is 4.94. The van der Waals surface area contributed by atoms with Gasteiger partial charge in [-0.15, -0.1) is 0 Å². The molecule has 1 aliphatic heterocycles. The van der Waals surface area contributed by atoms with Crippen LogP contribution in [0.25, 0.3) is 6.08 Å². The van der Waals surface area contributed by atoms with Crippen LogP contribution < -0.4 is 10.0 Å². The number of carbonyl (C=O) groups excluding carboxylic acids is 1. The average molecular weight is 435 g/mol. The predicted molar refractivity (Wildman–Crippen MR) is 115 cm³/mol. The minimum absolute atomic E-state index is 0.188. The number of hydrogen-bond donors (Lipinski definition) is 3. The Bertz CT molecular complexity index is 1350. The van der Waals surface area contributed by atoms with Crippen molar-refractivity contribution in [3.8, 4) is 6.07 Å². The maximum absolute atomic E-state index is 13.6. The first-order chi connectivity index (χ1) is 14.8. The molecule has 7 nitrogen and oxygen atoms in total. The molecule has 0 aliphatic carbocycles. The smallest absolute Gasteiger partial charge is 0.272 e. The van der Waals surface area contributed by atoms with Crippen LogP contribution in [0.2, 0.25) is 0 Å². The molecule has 0 radical (unpaired) electrons. The second-order valence-electron chi connectivity index (χ2n) is 7.05. The van der Waals surface area contributed by atoms with Gasteiger partial charge in [0, 0.05) is 24.5 Å². The highest BCUT2D eigenvalue weighted by molar-refractivity contribution is 7.90. The fourth-order valence-corrected chi connectivity index (χ4v) is 4.96. The maximum atomic E-state index is 13.6. The van der Waals surface area contributed by atoms with E-state index in [2.05, 4.69) is 10.0 Å². The number of benzene rings is 2. The SMILES string of the molecule is Cn1cc2c(c1C(=O)Nc1ccc(F)c(C#N)c1)C=C[C@H](c1ccccc1)NS2(=N)=O. The van der Waals surface area contributed by atoms with Crippen molar-refractivity contribution in [2.24, 2.45) is 7.05 Å². The summed E-state index contributed by atoms with van der Waals surface area (Å²) in [5.41, 5.74) is 1.47. The summed E-state index contributed by atoms with van der Waals surface area (Å²) in [7, 11) is -1.79. The zero-order chi connectivity index (χ0) is 22.2. The third-order valence-corrected chi connectivity index (χ3v) is 6.49. The van der Waals surface area contributed by atoms with Gasteiger partial charge >= 0.3 is 0 Å². The number of aromatic nitrogens is 1. The van der Waals surface area contributed by atoms with Crippen LogP contribution in [0, 0.1) is 21.9 Å². The Morgan fingerprint density at radius 3 is 2.74 bits per heavy atom. The number of hydrogen-bond acceptors (Lipinski definition) is 4. The van der Waals surface area contributed by atoms with Crippen LogP contribution in [0.5, 0.6) is 0 Å². The lowest BCUT2D eigenvalue weighted by Crippen LogP contribution is -2.25. The summed E-state index contributed by atoms with van der Waals surface area (Å²) >= 11 is 0. The van der Waals surface area contributed by atoms with Crippen molar-refractivity contribution >= 4 is 27.6 Å². The lowest BCUT2D eigenvalue weighted by molar-refractivity contribution is 0.101. The summed E-state index contributed by atoms with van der Waals surface area (Å²) in [6.45, 7) is 0. The molecule has 2 aromatic carbocycles. The molecule has 2 atom stereocenters. The zero-order valence-electron chi connectivity index (χ0n) is 16.4. The molecule has 1 amide bonds. The van der Waals surface area contributed by atoms with E-state index in [0.29, 0.717) is 5.56 Å².